The zero-order valence-electron chi connectivity index (χ0n) is 5.00. The standard InChI is InChI=1S/C5H8O4/c1-3(6)2-4(7)5(8)9/h3,6H,2H2,1H3,(H,8,9). The van der Waals surface area contributed by atoms with Crippen molar-refractivity contribution in [1.82, 2.24) is 0 Å². The van der Waals surface area contributed by atoms with Crippen molar-refractivity contribution in [3.63, 3.8) is 0 Å². The predicted octanol–water partition coefficient (Wildman–Crippen LogP) is -0.589. The molecule has 0 spiro atoms. The molecular weight excluding hydrogens is 124 g/mol. The van der Waals surface area contributed by atoms with E-state index < -0.39 is 17.9 Å². The molecule has 0 aliphatic carbocycles. The molecule has 0 rings (SSSR count). The van der Waals surface area contributed by atoms with Crippen LogP contribution in [0.25, 0.3) is 0 Å². The maximum atomic E-state index is 10.2. The third-order valence-corrected chi connectivity index (χ3v) is 0.719. The smallest absolute Gasteiger partial charge is 0.372 e. The molecule has 0 bridgehead atoms. The number of rotatable bonds is 3. The number of aliphatic hydroxyl groups is 1. The summed E-state index contributed by atoms with van der Waals surface area (Å²) in [5, 5.41) is 16.5. The highest BCUT2D eigenvalue weighted by atomic mass is 16.4. The largest absolute Gasteiger partial charge is 0.475 e. The van der Waals surface area contributed by atoms with Crippen LogP contribution in [0.1, 0.15) is 13.3 Å². The first-order valence-electron chi connectivity index (χ1n) is 2.48. The lowest BCUT2D eigenvalue weighted by Crippen LogP contribution is -2.17. The molecule has 0 saturated carbocycles. The third-order valence-electron chi connectivity index (χ3n) is 0.719. The van der Waals surface area contributed by atoms with E-state index in [4.69, 9.17) is 10.2 Å². The van der Waals surface area contributed by atoms with Gasteiger partial charge in [-0.15, -0.1) is 0 Å². The summed E-state index contributed by atoms with van der Waals surface area (Å²) in [4.78, 5) is 20.0. The van der Waals surface area contributed by atoms with Gasteiger partial charge in [0.25, 0.3) is 0 Å². The number of aliphatic carboxylic acids is 1. The number of carbonyl (C=O) groups excluding carboxylic acids is 1. The third kappa shape index (κ3) is 3.66. The topological polar surface area (TPSA) is 74.6 Å². The summed E-state index contributed by atoms with van der Waals surface area (Å²) in [6, 6.07) is 0. The predicted molar refractivity (Wildman–Crippen MR) is 28.9 cm³/mol. The molecule has 0 aromatic carbocycles. The molecule has 0 fully saturated rings. The lowest BCUT2D eigenvalue weighted by atomic mass is 10.2. The zero-order chi connectivity index (χ0) is 7.44. The van der Waals surface area contributed by atoms with Gasteiger partial charge in [0.2, 0.25) is 5.78 Å². The molecule has 4 heteroatoms. The summed E-state index contributed by atoms with van der Waals surface area (Å²) in [6.45, 7) is 1.36. The molecule has 52 valence electrons. The second kappa shape index (κ2) is 3.19. The molecule has 1 unspecified atom stereocenters. The van der Waals surface area contributed by atoms with Gasteiger partial charge in [0, 0.05) is 6.42 Å². The minimum atomic E-state index is -1.49. The first kappa shape index (κ1) is 8.10. The Bertz CT molecular complexity index is 127. The number of hydrogen-bond acceptors (Lipinski definition) is 3. The van der Waals surface area contributed by atoms with Crippen LogP contribution >= 0.6 is 0 Å². The van der Waals surface area contributed by atoms with E-state index in [0.29, 0.717) is 0 Å². The van der Waals surface area contributed by atoms with Gasteiger partial charge in [-0.3, -0.25) is 4.79 Å². The average molecular weight is 132 g/mol. The molecule has 0 aromatic heterocycles. The van der Waals surface area contributed by atoms with E-state index in [0.717, 1.165) is 0 Å². The summed E-state index contributed by atoms with van der Waals surface area (Å²) in [5.41, 5.74) is 0. The van der Waals surface area contributed by atoms with Gasteiger partial charge in [-0.25, -0.2) is 4.79 Å². The molecule has 1 atom stereocenters. The Kier molecular flexibility index (Phi) is 2.87. The Labute approximate surface area is 52.1 Å². The van der Waals surface area contributed by atoms with E-state index in [1.165, 1.54) is 6.92 Å². The van der Waals surface area contributed by atoms with E-state index in [2.05, 4.69) is 0 Å². The fraction of sp³-hybridized carbons (Fsp3) is 0.600. The van der Waals surface area contributed by atoms with Crippen molar-refractivity contribution in [2.45, 2.75) is 19.4 Å². The van der Waals surface area contributed by atoms with Gasteiger partial charge in [0.1, 0.15) is 0 Å². The Morgan fingerprint density at radius 3 is 2.11 bits per heavy atom. The molecule has 0 radical (unpaired) electrons. The van der Waals surface area contributed by atoms with E-state index in [9.17, 15) is 9.59 Å². The fourth-order valence-corrected chi connectivity index (χ4v) is 0.356. The summed E-state index contributed by atoms with van der Waals surface area (Å²) in [7, 11) is 0. The molecule has 2 N–H and O–H groups in total. The van der Waals surface area contributed by atoms with Gasteiger partial charge in [0.15, 0.2) is 0 Å². The quantitative estimate of drug-likeness (QED) is 0.503. The summed E-state index contributed by atoms with van der Waals surface area (Å²) in [5.74, 6) is -2.44. The number of carbonyl (C=O) groups is 2. The maximum absolute atomic E-state index is 10.2. The number of aliphatic hydroxyl groups excluding tert-OH is 1. The summed E-state index contributed by atoms with van der Waals surface area (Å²) in [6.07, 6.45) is -1.18. The van der Waals surface area contributed by atoms with Crippen LogP contribution in [-0.2, 0) is 9.59 Å². The lowest BCUT2D eigenvalue weighted by molar-refractivity contribution is -0.149. The van der Waals surface area contributed by atoms with Crippen molar-refractivity contribution in [1.29, 1.82) is 0 Å². The number of hydrogen-bond donors (Lipinski definition) is 2. The van der Waals surface area contributed by atoms with Crippen LogP contribution in [-0.4, -0.2) is 28.1 Å². The van der Waals surface area contributed by atoms with Crippen LogP contribution < -0.4 is 0 Å². The van der Waals surface area contributed by atoms with Crippen molar-refractivity contribution < 1.29 is 19.8 Å². The van der Waals surface area contributed by atoms with Gasteiger partial charge in [-0.1, -0.05) is 0 Å². The number of Topliss-reactive ketones (excluding diaryl/α,β-unsaturated/α-hetero) is 1. The highest BCUT2D eigenvalue weighted by Gasteiger charge is 2.12. The first-order chi connectivity index (χ1) is 4.04. The Hall–Kier alpha value is -0.900. The minimum Gasteiger partial charge on any atom is -0.475 e. The van der Waals surface area contributed by atoms with Crippen LogP contribution in [0, 0.1) is 0 Å². The van der Waals surface area contributed by atoms with Crippen molar-refractivity contribution in [3.8, 4) is 0 Å². The van der Waals surface area contributed by atoms with Gasteiger partial charge in [-0.2, -0.15) is 0 Å². The maximum Gasteiger partial charge on any atom is 0.372 e. The van der Waals surface area contributed by atoms with Gasteiger partial charge in [0.05, 0.1) is 6.10 Å². The first-order valence-corrected chi connectivity index (χ1v) is 2.48. The monoisotopic (exact) mass is 132 g/mol. The van der Waals surface area contributed by atoms with E-state index >= 15 is 0 Å². The normalized spacial score (nSPS) is 12.7. The number of carboxylic acids is 1. The Morgan fingerprint density at radius 2 is 2.00 bits per heavy atom. The van der Waals surface area contributed by atoms with Crippen molar-refractivity contribution in [3.05, 3.63) is 0 Å². The zero-order valence-corrected chi connectivity index (χ0v) is 5.00. The van der Waals surface area contributed by atoms with Gasteiger partial charge in [-0.05, 0) is 6.92 Å². The van der Waals surface area contributed by atoms with Crippen LogP contribution in [0.3, 0.4) is 0 Å². The molecule has 0 aromatic rings. The highest BCUT2D eigenvalue weighted by molar-refractivity contribution is 6.32. The van der Waals surface area contributed by atoms with Gasteiger partial charge >= 0.3 is 5.97 Å². The SMILES string of the molecule is CC(O)CC(=O)C(=O)O. The second-order valence-corrected chi connectivity index (χ2v) is 1.78. The van der Waals surface area contributed by atoms with Crippen molar-refractivity contribution in [2.24, 2.45) is 0 Å². The van der Waals surface area contributed by atoms with Crippen LogP contribution in [0.2, 0.25) is 0 Å². The highest BCUT2D eigenvalue weighted by Crippen LogP contribution is 1.89. The molecule has 0 heterocycles. The number of carboxylic acid groups (broad SMARTS) is 1. The fourth-order valence-electron chi connectivity index (χ4n) is 0.356. The molecular formula is C5H8O4. The van der Waals surface area contributed by atoms with E-state index in [1.54, 1.807) is 0 Å². The van der Waals surface area contributed by atoms with Gasteiger partial charge < -0.3 is 10.2 Å². The molecule has 0 amide bonds. The average Bonchev–Trinajstić information content (AvgIpc) is 1.63. The van der Waals surface area contributed by atoms with Crippen LogP contribution in [0.5, 0.6) is 0 Å². The minimum absolute atomic E-state index is 0.310. The van der Waals surface area contributed by atoms with Crippen molar-refractivity contribution in [2.75, 3.05) is 0 Å². The molecule has 0 saturated heterocycles. The Balaban J connectivity index is 3.65. The van der Waals surface area contributed by atoms with Crippen molar-refractivity contribution >= 4 is 11.8 Å². The van der Waals surface area contributed by atoms with Crippen LogP contribution in [0.4, 0.5) is 0 Å². The van der Waals surface area contributed by atoms with E-state index in [-0.39, 0.29) is 6.42 Å². The molecule has 0 aliphatic heterocycles. The Morgan fingerprint density at radius 1 is 1.56 bits per heavy atom. The second-order valence-electron chi connectivity index (χ2n) is 1.78. The summed E-state index contributed by atoms with van der Waals surface area (Å²) < 4.78 is 0. The number of ketones is 1. The van der Waals surface area contributed by atoms with E-state index in [1.807, 2.05) is 0 Å². The molecule has 4 nitrogen and oxygen atoms in total. The molecule has 0 aliphatic rings. The molecule has 9 heavy (non-hydrogen) atoms. The summed E-state index contributed by atoms with van der Waals surface area (Å²) >= 11 is 0. The lowest BCUT2D eigenvalue weighted by Gasteiger charge is -1.96. The van der Waals surface area contributed by atoms with Crippen LogP contribution in [0.15, 0.2) is 0 Å².